The van der Waals surface area contributed by atoms with Gasteiger partial charge in [0.2, 0.25) is 0 Å². The Hall–Kier alpha value is -1.32. The summed E-state index contributed by atoms with van der Waals surface area (Å²) in [5.41, 5.74) is 3.20. The molecule has 1 fully saturated rings. The number of carbonyl (C=O) groups excluding carboxylic acids is 1. The van der Waals surface area contributed by atoms with Crippen LogP contribution in [0.4, 0.5) is 0 Å². The van der Waals surface area contributed by atoms with E-state index in [1.165, 1.54) is 6.42 Å². The average Bonchev–Trinajstić information content (AvgIpc) is 2.72. The molecule has 0 amide bonds. The second-order valence-electron chi connectivity index (χ2n) is 5.19. The summed E-state index contributed by atoms with van der Waals surface area (Å²) >= 11 is 0. The molecule has 4 heteroatoms. The van der Waals surface area contributed by atoms with E-state index < -0.39 is 0 Å². The van der Waals surface area contributed by atoms with Crippen LogP contribution in [0.15, 0.2) is 0 Å². The van der Waals surface area contributed by atoms with Gasteiger partial charge >= 0.3 is 5.97 Å². The van der Waals surface area contributed by atoms with Crippen molar-refractivity contribution in [3.63, 3.8) is 0 Å². The fourth-order valence-corrected chi connectivity index (χ4v) is 2.82. The summed E-state index contributed by atoms with van der Waals surface area (Å²) in [6.45, 7) is 4.53. The Morgan fingerprint density at radius 1 is 1.69 bits per heavy atom. The van der Waals surface area contributed by atoms with Crippen LogP contribution in [0, 0.1) is 11.3 Å². The predicted octanol–water partition coefficient (Wildman–Crippen LogP) is 1.71. The predicted molar refractivity (Wildman–Crippen MR) is 58.2 cm³/mol. The SMILES string of the molecule is CCOC(=O)c1n[nH]c2c1CC1CC1(C)C2. The van der Waals surface area contributed by atoms with Crippen LogP contribution >= 0.6 is 0 Å². The maximum absolute atomic E-state index is 11.7. The largest absolute Gasteiger partial charge is 0.461 e. The van der Waals surface area contributed by atoms with Gasteiger partial charge in [0.05, 0.1) is 6.61 Å². The fraction of sp³-hybridized carbons (Fsp3) is 0.667. The normalized spacial score (nSPS) is 30.5. The highest BCUT2D eigenvalue weighted by Crippen LogP contribution is 2.59. The van der Waals surface area contributed by atoms with Crippen LogP contribution in [0.2, 0.25) is 0 Å². The number of hydrogen-bond acceptors (Lipinski definition) is 3. The number of fused-ring (bicyclic) bond motifs is 2. The minimum absolute atomic E-state index is 0.288. The average molecular weight is 220 g/mol. The lowest BCUT2D eigenvalue weighted by molar-refractivity contribution is 0.0518. The third-order valence-electron chi connectivity index (χ3n) is 3.99. The molecule has 86 valence electrons. The smallest absolute Gasteiger partial charge is 0.359 e. The highest BCUT2D eigenvalue weighted by Gasteiger charge is 2.53. The molecule has 1 saturated carbocycles. The van der Waals surface area contributed by atoms with Gasteiger partial charge in [-0.3, -0.25) is 5.10 Å². The maximum atomic E-state index is 11.7. The van der Waals surface area contributed by atoms with Gasteiger partial charge in [-0.1, -0.05) is 6.92 Å². The van der Waals surface area contributed by atoms with E-state index in [0.717, 1.165) is 30.0 Å². The van der Waals surface area contributed by atoms with Crippen LogP contribution < -0.4 is 0 Å². The number of nitrogens with one attached hydrogen (secondary N) is 1. The molecule has 2 aliphatic rings. The van der Waals surface area contributed by atoms with Crippen molar-refractivity contribution in [2.75, 3.05) is 6.61 Å². The molecule has 0 saturated heterocycles. The fourth-order valence-electron chi connectivity index (χ4n) is 2.82. The van der Waals surface area contributed by atoms with Gasteiger partial charge in [-0.25, -0.2) is 4.79 Å². The third kappa shape index (κ3) is 1.29. The first-order chi connectivity index (χ1) is 7.64. The zero-order chi connectivity index (χ0) is 11.3. The van der Waals surface area contributed by atoms with Crippen LogP contribution in [-0.2, 0) is 17.6 Å². The van der Waals surface area contributed by atoms with Crippen molar-refractivity contribution in [1.29, 1.82) is 0 Å². The van der Waals surface area contributed by atoms with Crippen LogP contribution in [0.3, 0.4) is 0 Å². The standard InChI is InChI=1S/C12H16N2O2/c1-3-16-11(15)10-8-4-7-5-12(7,2)6-9(8)13-14-10/h7H,3-6H2,1-2H3,(H,13,14). The molecule has 0 aliphatic heterocycles. The zero-order valence-corrected chi connectivity index (χ0v) is 9.67. The molecule has 1 aromatic rings. The number of carbonyl (C=O) groups is 1. The van der Waals surface area contributed by atoms with E-state index in [1.807, 2.05) is 6.92 Å². The molecule has 1 aromatic heterocycles. The van der Waals surface area contributed by atoms with E-state index >= 15 is 0 Å². The van der Waals surface area contributed by atoms with E-state index in [1.54, 1.807) is 0 Å². The molecule has 3 rings (SSSR count). The molecule has 4 nitrogen and oxygen atoms in total. The number of aromatic nitrogens is 2. The lowest BCUT2D eigenvalue weighted by Gasteiger charge is -2.17. The number of rotatable bonds is 2. The first kappa shape index (κ1) is 9.87. The summed E-state index contributed by atoms with van der Waals surface area (Å²) in [4.78, 5) is 11.7. The van der Waals surface area contributed by atoms with Crippen molar-refractivity contribution in [2.45, 2.75) is 33.1 Å². The lowest BCUT2D eigenvalue weighted by Crippen LogP contribution is -2.15. The zero-order valence-electron chi connectivity index (χ0n) is 9.67. The molecule has 2 unspecified atom stereocenters. The molecule has 2 aliphatic carbocycles. The molecule has 0 radical (unpaired) electrons. The molecular formula is C12H16N2O2. The topological polar surface area (TPSA) is 55.0 Å². The summed E-state index contributed by atoms with van der Waals surface area (Å²) in [6.07, 6.45) is 3.29. The second kappa shape index (κ2) is 3.09. The molecule has 0 aromatic carbocycles. The Labute approximate surface area is 94.4 Å². The van der Waals surface area contributed by atoms with Crippen molar-refractivity contribution in [2.24, 2.45) is 11.3 Å². The Bertz CT molecular complexity index is 452. The van der Waals surface area contributed by atoms with Crippen LogP contribution in [0.1, 0.15) is 42.0 Å². The highest BCUT2D eigenvalue weighted by molar-refractivity contribution is 5.89. The van der Waals surface area contributed by atoms with E-state index in [4.69, 9.17) is 4.74 Å². The first-order valence-corrected chi connectivity index (χ1v) is 5.87. The molecule has 1 heterocycles. The monoisotopic (exact) mass is 220 g/mol. The summed E-state index contributed by atoms with van der Waals surface area (Å²) < 4.78 is 5.00. The molecule has 2 atom stereocenters. The first-order valence-electron chi connectivity index (χ1n) is 5.87. The molecule has 1 N–H and O–H groups in total. The quantitative estimate of drug-likeness (QED) is 0.772. The number of ether oxygens (including phenoxy) is 1. The van der Waals surface area contributed by atoms with Gasteiger partial charge in [-0.15, -0.1) is 0 Å². The van der Waals surface area contributed by atoms with Crippen LogP contribution in [0.5, 0.6) is 0 Å². The van der Waals surface area contributed by atoms with Crippen molar-refractivity contribution in [3.05, 3.63) is 17.0 Å². The summed E-state index contributed by atoms with van der Waals surface area (Å²) in [7, 11) is 0. The molecule has 16 heavy (non-hydrogen) atoms. The Morgan fingerprint density at radius 3 is 3.25 bits per heavy atom. The number of esters is 1. The van der Waals surface area contributed by atoms with Gasteiger partial charge in [-0.05, 0) is 37.5 Å². The van der Waals surface area contributed by atoms with E-state index in [-0.39, 0.29) is 5.97 Å². The van der Waals surface area contributed by atoms with Crippen LogP contribution in [-0.4, -0.2) is 22.8 Å². The number of hydrogen-bond donors (Lipinski definition) is 1. The van der Waals surface area contributed by atoms with E-state index in [9.17, 15) is 4.79 Å². The summed E-state index contributed by atoms with van der Waals surface area (Å²) in [6, 6.07) is 0. The highest BCUT2D eigenvalue weighted by atomic mass is 16.5. The summed E-state index contributed by atoms with van der Waals surface area (Å²) in [5.74, 6) is 0.454. The van der Waals surface area contributed by atoms with Crippen molar-refractivity contribution in [3.8, 4) is 0 Å². The van der Waals surface area contributed by atoms with Crippen molar-refractivity contribution < 1.29 is 9.53 Å². The minimum Gasteiger partial charge on any atom is -0.461 e. The Balaban J connectivity index is 1.91. The number of H-pyrrole nitrogens is 1. The number of nitrogens with zero attached hydrogens (tertiary/aromatic N) is 1. The maximum Gasteiger partial charge on any atom is 0.359 e. The molecular weight excluding hydrogens is 204 g/mol. The molecule has 0 spiro atoms. The van der Waals surface area contributed by atoms with Gasteiger partial charge in [0.25, 0.3) is 0 Å². The van der Waals surface area contributed by atoms with Gasteiger partial charge in [0, 0.05) is 11.3 Å². The van der Waals surface area contributed by atoms with E-state index in [0.29, 0.717) is 17.7 Å². The van der Waals surface area contributed by atoms with Gasteiger partial charge in [0.15, 0.2) is 5.69 Å². The molecule has 0 bridgehead atoms. The number of aromatic amines is 1. The van der Waals surface area contributed by atoms with Gasteiger partial charge in [-0.2, -0.15) is 5.10 Å². The third-order valence-corrected chi connectivity index (χ3v) is 3.99. The Kier molecular flexibility index (Phi) is 1.91. The van der Waals surface area contributed by atoms with Crippen LogP contribution in [0.25, 0.3) is 0 Å². The van der Waals surface area contributed by atoms with Crippen molar-refractivity contribution in [1.82, 2.24) is 10.2 Å². The Morgan fingerprint density at radius 2 is 2.50 bits per heavy atom. The van der Waals surface area contributed by atoms with E-state index in [2.05, 4.69) is 17.1 Å². The second-order valence-corrected chi connectivity index (χ2v) is 5.19. The van der Waals surface area contributed by atoms with Gasteiger partial charge < -0.3 is 4.74 Å². The minimum atomic E-state index is -0.288. The summed E-state index contributed by atoms with van der Waals surface area (Å²) in [5, 5.41) is 7.10. The lowest BCUT2D eigenvalue weighted by atomic mass is 9.88. The van der Waals surface area contributed by atoms with Gasteiger partial charge in [0.1, 0.15) is 0 Å². The van der Waals surface area contributed by atoms with Crippen molar-refractivity contribution >= 4 is 5.97 Å².